The lowest BCUT2D eigenvalue weighted by Crippen LogP contribution is -2.41. The number of benzene rings is 2. The zero-order chi connectivity index (χ0) is 25.4. The minimum absolute atomic E-state index is 0.159. The van der Waals surface area contributed by atoms with Crippen molar-refractivity contribution in [2.24, 2.45) is 7.05 Å². The molecule has 4 rings (SSSR count). The Labute approximate surface area is 152 Å². The van der Waals surface area contributed by atoms with Gasteiger partial charge in [-0.3, -0.25) is 0 Å². The zero-order valence-corrected chi connectivity index (χ0v) is 14.9. The normalized spacial score (nSPS) is 17.6. The average molecular weight is 332 g/mol. The highest BCUT2D eigenvalue weighted by molar-refractivity contribution is 5.79. The largest absolute Gasteiger partial charge is 0.262 e. The maximum atomic E-state index is 8.81. The first-order valence-electron chi connectivity index (χ1n) is 12.8. The molecular formula is C21H33N2+. The summed E-state index contributed by atoms with van der Waals surface area (Å²) >= 11 is 0. The van der Waals surface area contributed by atoms with Crippen molar-refractivity contribution in [2.45, 2.75) is 46.6 Å². The molecule has 2 nitrogen and oxygen atoms in total. The molecule has 0 N–H and O–H groups in total. The summed E-state index contributed by atoms with van der Waals surface area (Å²) < 4.78 is 53.5. The van der Waals surface area contributed by atoms with Gasteiger partial charge in [-0.25, -0.2) is 9.13 Å². The Balaban J connectivity index is 0.00000109. The van der Waals surface area contributed by atoms with Gasteiger partial charge >= 0.3 is 0 Å². The molecule has 23 heavy (non-hydrogen) atoms. The van der Waals surface area contributed by atoms with E-state index in [2.05, 4.69) is 75.1 Å². The minimum atomic E-state index is -0.159. The number of aryl methyl sites for hydroxylation is 2. The highest BCUT2D eigenvalue weighted by atomic mass is 15.2. The maximum absolute atomic E-state index is 8.81. The Bertz CT molecular complexity index is 1030. The van der Waals surface area contributed by atoms with Crippen molar-refractivity contribution in [1.82, 2.24) is 4.57 Å². The van der Waals surface area contributed by atoms with E-state index in [9.17, 15) is 0 Å². The number of hydrogen-bond donors (Lipinski definition) is 0. The highest BCUT2D eigenvalue weighted by Gasteiger charge is 2.41. The van der Waals surface area contributed by atoms with Crippen molar-refractivity contribution >= 4 is 11.0 Å². The molecule has 2 aromatic carbocycles. The van der Waals surface area contributed by atoms with Crippen molar-refractivity contribution in [2.75, 3.05) is 0 Å². The molecule has 0 amide bonds. The van der Waals surface area contributed by atoms with Gasteiger partial charge in [0.25, 0.3) is 5.82 Å². The Kier molecular flexibility index (Phi) is 1.93. The van der Waals surface area contributed by atoms with E-state index >= 15 is 0 Å². The van der Waals surface area contributed by atoms with Gasteiger partial charge in [-0.15, -0.1) is 0 Å². The topological polar surface area (TPSA) is 8.81 Å². The molecule has 0 radical (unpaired) electrons. The van der Waals surface area contributed by atoms with Gasteiger partial charge in [-0.05, 0) is 57.4 Å². The summed E-state index contributed by atoms with van der Waals surface area (Å²) in [4.78, 5) is 0. The van der Waals surface area contributed by atoms with E-state index in [0.29, 0.717) is 6.04 Å². The molecule has 0 fully saturated rings. The van der Waals surface area contributed by atoms with E-state index in [-0.39, 0.29) is 5.54 Å². The second kappa shape index (κ2) is 4.47. The van der Waals surface area contributed by atoms with Crippen molar-refractivity contribution in [3.05, 3.63) is 63.9 Å². The molecule has 1 aliphatic rings. The molecular weight excluding hydrogens is 280 g/mol. The minimum Gasteiger partial charge on any atom is -0.229 e. The Morgan fingerprint density at radius 2 is 1.91 bits per heavy atom. The first-order valence-corrected chi connectivity index (χ1v) is 8.35. The van der Waals surface area contributed by atoms with E-state index in [1.165, 1.54) is 33.6 Å². The number of imidazole rings is 1. The summed E-state index contributed by atoms with van der Waals surface area (Å²) in [5.74, 6) is 1.29. The first kappa shape index (κ1) is 9.92. The van der Waals surface area contributed by atoms with Crippen LogP contribution in [0.25, 0.3) is 11.0 Å². The summed E-state index contributed by atoms with van der Waals surface area (Å²) in [5.41, 5.74) is 8.51. The third-order valence-corrected chi connectivity index (χ3v) is 5.80. The van der Waals surface area contributed by atoms with Crippen LogP contribution in [-0.4, -0.2) is 4.57 Å². The van der Waals surface area contributed by atoms with Crippen LogP contribution in [0.3, 0.4) is 0 Å². The Morgan fingerprint density at radius 3 is 2.65 bits per heavy atom. The van der Waals surface area contributed by atoms with Crippen molar-refractivity contribution in [3.8, 4) is 0 Å². The predicted molar refractivity (Wildman–Crippen MR) is 103 cm³/mol. The molecule has 3 aromatic rings. The monoisotopic (exact) mass is 331 g/mol. The van der Waals surface area contributed by atoms with Crippen LogP contribution >= 0.6 is 0 Å². The van der Waals surface area contributed by atoms with E-state index < -0.39 is 0 Å². The fourth-order valence-electron chi connectivity index (χ4n) is 4.31. The van der Waals surface area contributed by atoms with Crippen molar-refractivity contribution < 1.29 is 17.8 Å². The standard InChI is InChI=1S/C21H25N2.4H2/c1-13-11-18-20(15(3)14(13)2)22(6)19-12-16-9-7-8-10-17(16)21(4,5)23(18)19;;;;/h7-11H,12H2,1-6H3;4*1H/q+1;;;;/i11T;4*1+2T. The molecule has 1 aromatic heterocycles. The molecule has 0 atom stereocenters. The van der Waals surface area contributed by atoms with E-state index in [4.69, 9.17) is 13.2 Å². The number of hydrogen-bond acceptors (Lipinski definition) is 0. The summed E-state index contributed by atoms with van der Waals surface area (Å²) in [6.45, 7) is 11.0. The van der Waals surface area contributed by atoms with Crippen molar-refractivity contribution in [3.63, 3.8) is 0 Å². The van der Waals surface area contributed by atoms with E-state index in [1.54, 1.807) is 0 Å². The lowest BCUT2D eigenvalue weighted by atomic mass is 9.85. The van der Waals surface area contributed by atoms with Crippen LogP contribution < -0.4 is 4.57 Å². The number of rotatable bonds is 0. The fourth-order valence-corrected chi connectivity index (χ4v) is 4.31. The van der Waals surface area contributed by atoms with Gasteiger partial charge < -0.3 is 0 Å². The van der Waals surface area contributed by atoms with Crippen LogP contribution in [-0.2, 0) is 19.0 Å². The fraction of sp³-hybridized carbons (Fsp3) is 0.381. The highest BCUT2D eigenvalue weighted by Crippen LogP contribution is 2.38. The number of fused-ring (bicyclic) bond motifs is 4. The summed E-state index contributed by atoms with van der Waals surface area (Å²) in [5, 5.41) is 0. The third kappa shape index (κ3) is 1.72. The molecule has 126 valence electrons. The van der Waals surface area contributed by atoms with Gasteiger partial charge in [0.05, 0.1) is 14.8 Å². The van der Waals surface area contributed by atoms with Crippen LogP contribution in [0.4, 0.5) is 0 Å². The summed E-state index contributed by atoms with van der Waals surface area (Å²) in [6.07, 6.45) is 0.918. The van der Waals surface area contributed by atoms with Gasteiger partial charge in [0, 0.05) is 23.0 Å². The smallest absolute Gasteiger partial charge is 0.229 e. The lowest BCUT2D eigenvalue weighted by molar-refractivity contribution is -0.654. The summed E-state index contributed by atoms with van der Waals surface area (Å²) in [6, 6.07) is 9.40. The van der Waals surface area contributed by atoms with Gasteiger partial charge in [0.2, 0.25) is 0 Å². The van der Waals surface area contributed by atoms with E-state index in [0.717, 1.165) is 17.5 Å². The molecule has 0 bridgehead atoms. The molecule has 1 aliphatic heterocycles. The first-order chi connectivity index (χ1) is 15.3. The number of nitrogens with zero attached hydrogens (tertiary/aromatic N) is 2. The van der Waals surface area contributed by atoms with Crippen LogP contribution in [0.2, 0.25) is 0 Å². The van der Waals surface area contributed by atoms with Crippen molar-refractivity contribution in [1.29, 1.82) is 0 Å². The second-order valence-electron chi connectivity index (χ2n) is 7.40. The molecule has 0 spiro atoms. The quantitative estimate of drug-likeness (QED) is 0.509. The summed E-state index contributed by atoms with van der Waals surface area (Å²) in [7, 11) is 2.15. The predicted octanol–water partition coefficient (Wildman–Crippen LogP) is 5.06. The van der Waals surface area contributed by atoms with Gasteiger partial charge in [-0.1, -0.05) is 24.3 Å². The maximum Gasteiger partial charge on any atom is 0.262 e. The number of aromatic nitrogens is 2. The molecule has 0 aliphatic carbocycles. The van der Waals surface area contributed by atoms with Gasteiger partial charge in [-0.2, -0.15) is 0 Å². The third-order valence-electron chi connectivity index (χ3n) is 5.80. The van der Waals surface area contributed by atoms with Crippen LogP contribution in [0, 0.1) is 20.8 Å². The van der Waals surface area contributed by atoms with Gasteiger partial charge in [0.15, 0.2) is 11.0 Å². The lowest BCUT2D eigenvalue weighted by Gasteiger charge is -2.30. The van der Waals surface area contributed by atoms with Crippen LogP contribution in [0.5, 0.6) is 0 Å². The molecule has 2 heterocycles. The Morgan fingerprint density at radius 1 is 1.22 bits per heavy atom. The molecule has 0 unspecified atom stereocenters. The Hall–Kier alpha value is -2.09. The average Bonchev–Trinajstić information content (AvgIpc) is 3.15. The zero-order valence-electron chi connectivity index (χ0n) is 23.9. The second-order valence-corrected chi connectivity index (χ2v) is 7.40. The SMILES string of the molecule is [3H][3H].[3H][3H].[3H][3H].[3H][3H].[3H]c1c(C)c(C)c(C)c2c1n1c([n+]2C)Cc2ccccc2C1(C)C. The van der Waals surface area contributed by atoms with Gasteiger partial charge in [0.1, 0.15) is 5.54 Å². The van der Waals surface area contributed by atoms with Crippen LogP contribution in [0.1, 0.15) is 60.7 Å². The van der Waals surface area contributed by atoms with E-state index in [1.807, 2.05) is 0 Å². The molecule has 0 saturated heterocycles. The molecule has 0 saturated carbocycles. The molecule has 2 heteroatoms. The van der Waals surface area contributed by atoms with Crippen LogP contribution in [0.15, 0.2) is 30.3 Å².